The lowest BCUT2D eigenvalue weighted by Crippen LogP contribution is -2.17. The lowest BCUT2D eigenvalue weighted by molar-refractivity contribution is 0.597. The number of rotatable bonds is 4. The summed E-state index contributed by atoms with van der Waals surface area (Å²) in [5.74, 6) is 0. The van der Waals surface area contributed by atoms with Crippen molar-refractivity contribution < 1.29 is 8.42 Å². The molecule has 0 bridgehead atoms. The van der Waals surface area contributed by atoms with Crippen LogP contribution in [0, 0.1) is 6.92 Å². The number of nitrogens with one attached hydrogen (secondary N) is 1. The van der Waals surface area contributed by atoms with Gasteiger partial charge in [-0.2, -0.15) is 0 Å². The second-order valence-electron chi connectivity index (χ2n) is 3.91. The third-order valence-corrected chi connectivity index (χ3v) is 3.46. The number of anilines is 2. The number of nitrogen functional groups attached to an aromatic ring is 1. The summed E-state index contributed by atoms with van der Waals surface area (Å²) in [4.78, 5) is 0.0382. The van der Waals surface area contributed by atoms with Gasteiger partial charge in [0.15, 0.2) is 0 Å². The molecule has 6 heteroatoms. The maximum absolute atomic E-state index is 11.4. The minimum absolute atomic E-state index is 0.00354. The van der Waals surface area contributed by atoms with Crippen LogP contribution in [0.1, 0.15) is 12.5 Å². The van der Waals surface area contributed by atoms with Gasteiger partial charge >= 0.3 is 0 Å². The minimum Gasteiger partial charge on any atom is -0.399 e. The Hall–Kier alpha value is -1.53. The molecule has 17 heavy (non-hydrogen) atoms. The highest BCUT2D eigenvalue weighted by atomic mass is 32.2. The van der Waals surface area contributed by atoms with E-state index < -0.39 is 10.0 Å². The molecule has 1 aromatic rings. The van der Waals surface area contributed by atoms with Crippen molar-refractivity contribution in [1.82, 2.24) is 0 Å². The highest BCUT2D eigenvalue weighted by molar-refractivity contribution is 7.89. The largest absolute Gasteiger partial charge is 0.399 e. The van der Waals surface area contributed by atoms with E-state index in [0.717, 1.165) is 0 Å². The molecule has 5 nitrogen and oxygen atoms in total. The summed E-state index contributed by atoms with van der Waals surface area (Å²) in [5.41, 5.74) is 7.19. The quantitative estimate of drug-likeness (QED) is 0.556. The summed E-state index contributed by atoms with van der Waals surface area (Å²) in [5, 5.41) is 8.22. The van der Waals surface area contributed by atoms with Crippen LogP contribution in [0.4, 0.5) is 11.4 Å². The molecule has 5 N–H and O–H groups in total. The number of nitrogens with two attached hydrogens (primary N) is 2. The Morgan fingerprint density at radius 2 is 2.06 bits per heavy atom. The van der Waals surface area contributed by atoms with E-state index in [4.69, 9.17) is 10.9 Å². The Bertz CT molecular complexity index is 538. The van der Waals surface area contributed by atoms with Gasteiger partial charge in [-0.3, -0.25) is 0 Å². The van der Waals surface area contributed by atoms with Gasteiger partial charge in [-0.1, -0.05) is 6.08 Å². The molecule has 94 valence electrons. The number of benzene rings is 1. The van der Waals surface area contributed by atoms with Crippen molar-refractivity contribution >= 4 is 21.4 Å². The van der Waals surface area contributed by atoms with E-state index in [-0.39, 0.29) is 10.9 Å². The predicted molar refractivity (Wildman–Crippen MR) is 70.2 cm³/mol. The maximum Gasteiger partial charge on any atom is 0.238 e. The lowest BCUT2D eigenvalue weighted by atomic mass is 10.1. The van der Waals surface area contributed by atoms with Gasteiger partial charge in [0.1, 0.15) is 0 Å². The van der Waals surface area contributed by atoms with E-state index in [9.17, 15) is 8.42 Å². The smallest absolute Gasteiger partial charge is 0.238 e. The summed E-state index contributed by atoms with van der Waals surface area (Å²) < 4.78 is 22.8. The topological polar surface area (TPSA) is 98.2 Å². The van der Waals surface area contributed by atoms with Crippen LogP contribution in [0.3, 0.4) is 0 Å². The highest BCUT2D eigenvalue weighted by Gasteiger charge is 2.15. The Morgan fingerprint density at radius 3 is 2.53 bits per heavy atom. The maximum atomic E-state index is 11.4. The SMILES string of the molecule is C=CC(C)Nc1cc(N)cc(S(N)(=O)=O)c1C. The van der Waals surface area contributed by atoms with E-state index in [1.165, 1.54) is 6.07 Å². The second kappa shape index (κ2) is 4.77. The molecule has 1 atom stereocenters. The van der Waals surface area contributed by atoms with Crippen LogP contribution in [0.25, 0.3) is 0 Å². The molecule has 0 fully saturated rings. The summed E-state index contributed by atoms with van der Waals surface area (Å²) in [7, 11) is -3.77. The van der Waals surface area contributed by atoms with Crippen LogP contribution < -0.4 is 16.2 Å². The molecule has 0 aliphatic heterocycles. The highest BCUT2D eigenvalue weighted by Crippen LogP contribution is 2.26. The van der Waals surface area contributed by atoms with E-state index in [0.29, 0.717) is 16.9 Å². The minimum atomic E-state index is -3.77. The molecule has 0 aliphatic rings. The first kappa shape index (κ1) is 13.5. The summed E-state index contributed by atoms with van der Waals surface area (Å²) in [6.45, 7) is 7.22. The Balaban J connectivity index is 3.34. The molecule has 1 rings (SSSR count). The molecular formula is C11H17N3O2S. The molecule has 0 aromatic heterocycles. The van der Waals surface area contributed by atoms with Gasteiger partial charge < -0.3 is 11.1 Å². The van der Waals surface area contributed by atoms with Crippen molar-refractivity contribution in [2.24, 2.45) is 5.14 Å². The van der Waals surface area contributed by atoms with E-state index in [1.807, 2.05) is 6.92 Å². The van der Waals surface area contributed by atoms with Gasteiger partial charge in [0.05, 0.1) is 4.90 Å². The zero-order valence-electron chi connectivity index (χ0n) is 9.90. The fraction of sp³-hybridized carbons (Fsp3) is 0.273. The molecule has 1 unspecified atom stereocenters. The van der Waals surface area contributed by atoms with Crippen LogP contribution in [-0.2, 0) is 10.0 Å². The fourth-order valence-electron chi connectivity index (χ4n) is 1.46. The van der Waals surface area contributed by atoms with Crippen LogP contribution in [0.15, 0.2) is 29.7 Å². The Labute approximate surface area is 102 Å². The first-order valence-corrected chi connectivity index (χ1v) is 6.62. The van der Waals surface area contributed by atoms with Gasteiger partial charge in [-0.05, 0) is 31.5 Å². The third kappa shape index (κ3) is 3.21. The van der Waals surface area contributed by atoms with Crippen LogP contribution in [0.5, 0.6) is 0 Å². The average molecular weight is 255 g/mol. The third-order valence-electron chi connectivity index (χ3n) is 2.43. The molecule has 0 heterocycles. The molecule has 1 aromatic carbocycles. The molecule has 0 saturated heterocycles. The number of sulfonamides is 1. The van der Waals surface area contributed by atoms with E-state index in [1.54, 1.807) is 19.1 Å². The van der Waals surface area contributed by atoms with Crippen molar-refractivity contribution in [2.45, 2.75) is 24.8 Å². The first-order chi connectivity index (χ1) is 7.75. The monoisotopic (exact) mass is 255 g/mol. The summed E-state index contributed by atoms with van der Waals surface area (Å²) in [6, 6.07) is 3.03. The van der Waals surface area contributed by atoms with Crippen molar-refractivity contribution in [3.05, 3.63) is 30.4 Å². The molecule has 0 spiro atoms. The van der Waals surface area contributed by atoms with Crippen molar-refractivity contribution in [3.63, 3.8) is 0 Å². The van der Waals surface area contributed by atoms with Crippen molar-refractivity contribution in [2.75, 3.05) is 11.1 Å². The number of hydrogen-bond acceptors (Lipinski definition) is 4. The normalized spacial score (nSPS) is 13.1. The van der Waals surface area contributed by atoms with Gasteiger partial charge in [-0.25, -0.2) is 13.6 Å². The van der Waals surface area contributed by atoms with E-state index >= 15 is 0 Å². The number of primary sulfonamides is 1. The van der Waals surface area contributed by atoms with Crippen LogP contribution >= 0.6 is 0 Å². The zero-order chi connectivity index (χ0) is 13.2. The fourth-order valence-corrected chi connectivity index (χ4v) is 2.30. The van der Waals surface area contributed by atoms with Crippen molar-refractivity contribution in [3.8, 4) is 0 Å². The Kier molecular flexibility index (Phi) is 3.79. The lowest BCUT2D eigenvalue weighted by Gasteiger charge is -2.16. The van der Waals surface area contributed by atoms with Crippen LogP contribution in [-0.4, -0.2) is 14.5 Å². The summed E-state index contributed by atoms with van der Waals surface area (Å²) in [6.07, 6.45) is 1.71. The zero-order valence-corrected chi connectivity index (χ0v) is 10.7. The van der Waals surface area contributed by atoms with Gasteiger partial charge in [0.2, 0.25) is 10.0 Å². The second-order valence-corrected chi connectivity index (χ2v) is 5.44. The van der Waals surface area contributed by atoms with Gasteiger partial charge in [-0.15, -0.1) is 6.58 Å². The summed E-state index contributed by atoms with van der Waals surface area (Å²) >= 11 is 0. The first-order valence-electron chi connectivity index (χ1n) is 5.07. The predicted octanol–water partition coefficient (Wildman–Crippen LogP) is 1.21. The molecule has 0 amide bonds. The molecule has 0 radical (unpaired) electrons. The Morgan fingerprint density at radius 1 is 1.47 bits per heavy atom. The van der Waals surface area contributed by atoms with Crippen LogP contribution in [0.2, 0.25) is 0 Å². The standard InChI is InChI=1S/C11H17N3O2S/c1-4-7(2)14-10-5-9(12)6-11(8(10)3)17(13,15)16/h4-7,14H,1,12H2,2-3H3,(H2,13,15,16). The average Bonchev–Trinajstić information content (AvgIpc) is 2.21. The molecule has 0 aliphatic carbocycles. The van der Waals surface area contributed by atoms with Crippen molar-refractivity contribution in [1.29, 1.82) is 0 Å². The molecular weight excluding hydrogens is 238 g/mol. The number of hydrogen-bond donors (Lipinski definition) is 3. The van der Waals surface area contributed by atoms with Gasteiger partial charge in [0, 0.05) is 17.4 Å². The van der Waals surface area contributed by atoms with E-state index in [2.05, 4.69) is 11.9 Å². The molecule has 0 saturated carbocycles. The van der Waals surface area contributed by atoms with Gasteiger partial charge in [0.25, 0.3) is 0 Å².